The normalized spacial score (nSPS) is 19.3. The molecule has 0 saturated carbocycles. The molecule has 1 fully saturated rings. The van der Waals surface area contributed by atoms with Crippen molar-refractivity contribution in [2.75, 3.05) is 18.8 Å². The smallest absolute Gasteiger partial charge is 0.138 e. The van der Waals surface area contributed by atoms with E-state index in [9.17, 15) is 0 Å². The number of pyridine rings is 1. The molecular formula is C17H21N5S. The molecule has 0 spiro atoms. The number of nitrogens with zero attached hydrogens (tertiary/aromatic N) is 4. The number of H-pyrrole nitrogens is 1. The average Bonchev–Trinajstić information content (AvgIpc) is 3.21. The predicted molar refractivity (Wildman–Crippen MR) is 95.4 cm³/mol. The van der Waals surface area contributed by atoms with Crippen LogP contribution in [-0.4, -0.2) is 43.1 Å². The number of rotatable bonds is 4. The van der Waals surface area contributed by atoms with Crippen molar-refractivity contribution in [2.45, 2.75) is 26.2 Å². The number of aromatic nitrogens is 4. The van der Waals surface area contributed by atoms with Gasteiger partial charge in [0.1, 0.15) is 12.0 Å². The van der Waals surface area contributed by atoms with Gasteiger partial charge in [-0.05, 0) is 18.4 Å². The first-order chi connectivity index (χ1) is 11.2. The largest absolute Gasteiger partial charge is 0.346 e. The molecular weight excluding hydrogens is 306 g/mol. The molecule has 3 aromatic rings. The number of aromatic amines is 1. The fourth-order valence-electron chi connectivity index (χ4n) is 3.21. The molecule has 1 unspecified atom stereocenters. The van der Waals surface area contributed by atoms with E-state index in [1.54, 1.807) is 6.33 Å². The highest BCUT2D eigenvalue weighted by atomic mass is 32.2. The maximum absolute atomic E-state index is 4.66. The Bertz CT molecular complexity index is 828. The molecule has 4 heterocycles. The van der Waals surface area contributed by atoms with Crippen LogP contribution in [0.25, 0.3) is 21.9 Å². The Kier molecular flexibility index (Phi) is 3.95. The van der Waals surface area contributed by atoms with E-state index in [4.69, 9.17) is 0 Å². The number of hydrogen-bond acceptors (Lipinski definition) is 5. The molecule has 1 atom stereocenters. The molecule has 3 aromatic heterocycles. The highest BCUT2D eigenvalue weighted by Gasteiger charge is 2.27. The molecule has 1 aliphatic heterocycles. The third-order valence-electron chi connectivity index (χ3n) is 4.34. The van der Waals surface area contributed by atoms with Crippen LogP contribution < -0.4 is 0 Å². The van der Waals surface area contributed by atoms with Crippen molar-refractivity contribution in [3.63, 3.8) is 0 Å². The topological polar surface area (TPSA) is 57.7 Å². The van der Waals surface area contributed by atoms with E-state index in [0.717, 1.165) is 42.0 Å². The summed E-state index contributed by atoms with van der Waals surface area (Å²) in [5.74, 6) is 2.38. The summed E-state index contributed by atoms with van der Waals surface area (Å²) < 4.78 is 2.49. The summed E-state index contributed by atoms with van der Waals surface area (Å²) in [6, 6.07) is 2.08. The maximum Gasteiger partial charge on any atom is 0.138 e. The van der Waals surface area contributed by atoms with Gasteiger partial charge in [-0.1, -0.05) is 25.8 Å². The van der Waals surface area contributed by atoms with Gasteiger partial charge in [0.05, 0.1) is 17.4 Å². The Labute approximate surface area is 140 Å². The van der Waals surface area contributed by atoms with Crippen LogP contribution in [0.5, 0.6) is 0 Å². The van der Waals surface area contributed by atoms with Crippen LogP contribution in [-0.2, 0) is 0 Å². The zero-order chi connectivity index (χ0) is 15.8. The molecule has 23 heavy (non-hydrogen) atoms. The van der Waals surface area contributed by atoms with Gasteiger partial charge in [0.2, 0.25) is 0 Å². The van der Waals surface area contributed by atoms with Crippen LogP contribution in [0.1, 0.15) is 31.9 Å². The minimum Gasteiger partial charge on any atom is -0.346 e. The van der Waals surface area contributed by atoms with Gasteiger partial charge in [-0.2, -0.15) is 0 Å². The summed E-state index contributed by atoms with van der Waals surface area (Å²) in [6.45, 7) is 6.74. The zero-order valence-electron chi connectivity index (χ0n) is 13.5. The lowest BCUT2D eigenvalue weighted by atomic mass is 9.99. The van der Waals surface area contributed by atoms with Crippen molar-refractivity contribution < 1.29 is 0 Å². The van der Waals surface area contributed by atoms with Crippen LogP contribution in [0.4, 0.5) is 0 Å². The fraction of sp³-hybridized carbons (Fsp3) is 0.471. The Hall–Kier alpha value is -1.66. The first-order valence-corrected chi connectivity index (χ1v) is 9.11. The second-order valence-corrected chi connectivity index (χ2v) is 7.69. The van der Waals surface area contributed by atoms with Gasteiger partial charge in [-0.3, -0.25) is 0 Å². The molecule has 6 heteroatoms. The third kappa shape index (κ3) is 2.81. The number of nitrogens with one attached hydrogen (secondary N) is 1. The van der Waals surface area contributed by atoms with E-state index >= 15 is 0 Å². The molecule has 0 aliphatic carbocycles. The lowest BCUT2D eigenvalue weighted by Gasteiger charge is -2.16. The Morgan fingerprint density at radius 1 is 1.35 bits per heavy atom. The van der Waals surface area contributed by atoms with Crippen molar-refractivity contribution in [1.29, 1.82) is 0 Å². The van der Waals surface area contributed by atoms with Gasteiger partial charge < -0.3 is 4.98 Å². The van der Waals surface area contributed by atoms with Gasteiger partial charge in [-0.25, -0.2) is 19.3 Å². The zero-order valence-corrected chi connectivity index (χ0v) is 14.3. The highest BCUT2D eigenvalue weighted by molar-refractivity contribution is 7.97. The van der Waals surface area contributed by atoms with E-state index in [1.165, 1.54) is 16.8 Å². The van der Waals surface area contributed by atoms with Gasteiger partial charge >= 0.3 is 0 Å². The van der Waals surface area contributed by atoms with Crippen molar-refractivity contribution in [3.8, 4) is 0 Å². The summed E-state index contributed by atoms with van der Waals surface area (Å²) in [4.78, 5) is 16.7. The average molecular weight is 327 g/mol. The molecule has 4 rings (SSSR count). The summed E-state index contributed by atoms with van der Waals surface area (Å²) >= 11 is 1.97. The molecule has 0 radical (unpaired) electrons. The maximum atomic E-state index is 4.66. The van der Waals surface area contributed by atoms with E-state index in [1.807, 2.05) is 24.3 Å². The first-order valence-electron chi connectivity index (χ1n) is 8.17. The number of hydrogen-bond donors (Lipinski definition) is 1. The van der Waals surface area contributed by atoms with Crippen LogP contribution >= 0.6 is 11.9 Å². The van der Waals surface area contributed by atoms with Crippen molar-refractivity contribution in [2.24, 2.45) is 5.92 Å². The molecule has 1 saturated heterocycles. The standard InChI is InChI=1S/C17H21N5S/c1-11(2)9-23-22-6-4-12(8-22)16-15-13-3-5-18-17(13)19-7-14(15)20-10-21-16/h3,5,7,10-12H,4,6,8-9H2,1-2H3,(H,18,19). The second kappa shape index (κ2) is 6.09. The Morgan fingerprint density at radius 2 is 2.26 bits per heavy atom. The molecule has 0 amide bonds. The minimum atomic E-state index is 0.473. The molecule has 120 valence electrons. The summed E-state index contributed by atoms with van der Waals surface area (Å²) in [5.41, 5.74) is 3.03. The van der Waals surface area contributed by atoms with Crippen molar-refractivity contribution in [3.05, 3.63) is 30.5 Å². The molecule has 0 aromatic carbocycles. The van der Waals surface area contributed by atoms with Gasteiger partial charge in [0.15, 0.2) is 0 Å². The van der Waals surface area contributed by atoms with E-state index in [2.05, 4.69) is 44.2 Å². The molecule has 1 aliphatic rings. The van der Waals surface area contributed by atoms with Gasteiger partial charge in [0.25, 0.3) is 0 Å². The predicted octanol–water partition coefficient (Wildman–Crippen LogP) is 3.60. The Balaban J connectivity index is 1.68. The monoisotopic (exact) mass is 327 g/mol. The van der Waals surface area contributed by atoms with E-state index < -0.39 is 0 Å². The molecule has 0 bridgehead atoms. The Morgan fingerprint density at radius 3 is 3.13 bits per heavy atom. The second-order valence-electron chi connectivity index (χ2n) is 6.58. The third-order valence-corrected chi connectivity index (χ3v) is 5.86. The number of fused-ring (bicyclic) bond motifs is 3. The van der Waals surface area contributed by atoms with Crippen LogP contribution in [0.3, 0.4) is 0 Å². The van der Waals surface area contributed by atoms with Crippen LogP contribution in [0.2, 0.25) is 0 Å². The van der Waals surface area contributed by atoms with Gasteiger partial charge in [0, 0.05) is 41.7 Å². The SMILES string of the molecule is CC(C)CSN1CCC(c2ncnc3cnc4[nH]ccc4c23)C1. The van der Waals surface area contributed by atoms with Crippen LogP contribution in [0, 0.1) is 5.92 Å². The fourth-order valence-corrected chi connectivity index (χ4v) is 4.24. The minimum absolute atomic E-state index is 0.473. The lowest BCUT2D eigenvalue weighted by Crippen LogP contribution is -2.14. The lowest BCUT2D eigenvalue weighted by molar-refractivity contribution is 0.567. The summed E-state index contributed by atoms with van der Waals surface area (Å²) in [6.07, 6.45) is 6.63. The van der Waals surface area contributed by atoms with Crippen molar-refractivity contribution in [1.82, 2.24) is 24.2 Å². The van der Waals surface area contributed by atoms with E-state index in [-0.39, 0.29) is 0 Å². The quantitative estimate of drug-likeness (QED) is 0.742. The first kappa shape index (κ1) is 14.9. The van der Waals surface area contributed by atoms with E-state index in [0.29, 0.717) is 5.92 Å². The summed E-state index contributed by atoms with van der Waals surface area (Å²) in [5, 5.41) is 2.30. The highest BCUT2D eigenvalue weighted by Crippen LogP contribution is 2.35. The van der Waals surface area contributed by atoms with Crippen molar-refractivity contribution >= 4 is 33.9 Å². The molecule has 1 N–H and O–H groups in total. The molecule has 5 nitrogen and oxygen atoms in total. The van der Waals surface area contributed by atoms with Gasteiger partial charge in [-0.15, -0.1) is 0 Å². The summed E-state index contributed by atoms with van der Waals surface area (Å²) in [7, 11) is 0. The van der Waals surface area contributed by atoms with Crippen LogP contribution in [0.15, 0.2) is 24.8 Å².